The molecule has 0 bridgehead atoms. The molecule has 0 aliphatic carbocycles. The van der Waals surface area contributed by atoms with Crippen LogP contribution in [0.4, 0.5) is 0 Å². The molecule has 4 unspecified atom stereocenters. The van der Waals surface area contributed by atoms with E-state index in [1.165, 1.54) is 89.9 Å². The van der Waals surface area contributed by atoms with Crippen molar-refractivity contribution in [3.63, 3.8) is 0 Å². The Morgan fingerprint density at radius 1 is 0.500 bits per heavy atom. The molecule has 370 valence electrons. The molecule has 0 saturated carbocycles. The van der Waals surface area contributed by atoms with Gasteiger partial charge in [-0.15, -0.1) is 0 Å². The lowest BCUT2D eigenvalue weighted by Gasteiger charge is -2.42. The second kappa shape index (κ2) is 36.6. The second-order valence-corrected chi connectivity index (χ2v) is 17.0. The van der Waals surface area contributed by atoms with Crippen LogP contribution in [-0.4, -0.2) is 142 Å². The minimum absolute atomic E-state index is 0.00659. The van der Waals surface area contributed by atoms with Crippen LogP contribution < -0.4 is 0 Å². The van der Waals surface area contributed by atoms with E-state index < -0.39 is 99.3 Å². The minimum Gasteiger partial charge on any atom is -0.461 e. The van der Waals surface area contributed by atoms with Gasteiger partial charge in [0.05, 0.1) is 32.7 Å². The van der Waals surface area contributed by atoms with E-state index in [0.29, 0.717) is 12.8 Å². The molecule has 11 atom stereocenters. The molecule has 2 rings (SSSR count). The normalized spacial score (nSPS) is 27.0. The zero-order chi connectivity index (χ0) is 46.8. The maximum Gasteiger partial charge on any atom is 0.310 e. The predicted molar refractivity (Wildman–Crippen MR) is 243 cm³/mol. The Balaban J connectivity index is 1.89. The zero-order valence-electron chi connectivity index (χ0n) is 38.8. The van der Waals surface area contributed by atoms with Crippen molar-refractivity contribution in [2.75, 3.05) is 26.4 Å². The predicted octanol–water partition coefficient (Wildman–Crippen LogP) is 5.93. The van der Waals surface area contributed by atoms with Gasteiger partial charge < -0.3 is 64.2 Å². The number of aliphatic hydroxyl groups is 7. The van der Waals surface area contributed by atoms with Gasteiger partial charge in [0.1, 0.15) is 55.4 Å². The molecular formula is C49H84O15. The Kier molecular flexibility index (Phi) is 32.9. The molecule has 2 heterocycles. The lowest BCUT2D eigenvalue weighted by molar-refractivity contribution is -0.332. The average molecular weight is 913 g/mol. The summed E-state index contributed by atoms with van der Waals surface area (Å²) in [7, 11) is 0. The highest BCUT2D eigenvalue weighted by molar-refractivity contribution is 5.72. The van der Waals surface area contributed by atoms with Crippen LogP contribution >= 0.6 is 0 Å². The maximum absolute atomic E-state index is 12.9. The molecule has 2 fully saturated rings. The van der Waals surface area contributed by atoms with Crippen molar-refractivity contribution in [2.45, 2.75) is 223 Å². The lowest BCUT2D eigenvalue weighted by Crippen LogP contribution is -2.61. The Hall–Kier alpha value is -2.54. The summed E-state index contributed by atoms with van der Waals surface area (Å²) in [6.07, 6.45) is 22.1. The van der Waals surface area contributed by atoms with Crippen molar-refractivity contribution >= 4 is 11.9 Å². The summed E-state index contributed by atoms with van der Waals surface area (Å²) in [5.74, 6) is -1.18. The van der Waals surface area contributed by atoms with Gasteiger partial charge in [0, 0.05) is 0 Å². The SMILES string of the molecule is CCCCCCCCCCC=CCC=CCC(=O)OC[C@H](CO[C@@H]1O[C@H](CO[C@H]2O[C@H](CO)[C@H](O)C(O)C2O)[C@H](O)C(O)C1O)OC(=O)CC=CCC=CCCCCCCCCCC. The van der Waals surface area contributed by atoms with E-state index in [2.05, 4.69) is 38.2 Å². The van der Waals surface area contributed by atoms with Gasteiger partial charge >= 0.3 is 11.9 Å². The molecular weight excluding hydrogens is 829 g/mol. The first-order chi connectivity index (χ1) is 31.0. The fraction of sp³-hybridized carbons (Fsp3) is 0.796. The van der Waals surface area contributed by atoms with E-state index in [-0.39, 0.29) is 19.4 Å². The Labute approximate surface area is 382 Å². The largest absolute Gasteiger partial charge is 0.461 e. The third-order valence-corrected chi connectivity index (χ3v) is 11.3. The summed E-state index contributed by atoms with van der Waals surface area (Å²) in [6.45, 7) is 2.40. The third-order valence-electron chi connectivity index (χ3n) is 11.3. The number of esters is 2. The monoisotopic (exact) mass is 913 g/mol. The van der Waals surface area contributed by atoms with Crippen LogP contribution in [0.5, 0.6) is 0 Å². The van der Waals surface area contributed by atoms with E-state index in [1.54, 1.807) is 12.2 Å². The van der Waals surface area contributed by atoms with Gasteiger partial charge in [0.25, 0.3) is 0 Å². The van der Waals surface area contributed by atoms with Crippen LogP contribution in [0, 0.1) is 0 Å². The summed E-state index contributed by atoms with van der Waals surface area (Å²) in [4.78, 5) is 25.5. The molecule has 7 N–H and O–H groups in total. The highest BCUT2D eigenvalue weighted by Gasteiger charge is 2.47. The average Bonchev–Trinajstić information content (AvgIpc) is 3.29. The first-order valence-electron chi connectivity index (χ1n) is 24.2. The van der Waals surface area contributed by atoms with Crippen molar-refractivity contribution in [3.8, 4) is 0 Å². The van der Waals surface area contributed by atoms with Gasteiger partial charge in [-0.3, -0.25) is 9.59 Å². The summed E-state index contributed by atoms with van der Waals surface area (Å²) in [5.41, 5.74) is 0. The van der Waals surface area contributed by atoms with Gasteiger partial charge in [-0.1, -0.05) is 152 Å². The van der Waals surface area contributed by atoms with E-state index in [1.807, 2.05) is 12.2 Å². The van der Waals surface area contributed by atoms with E-state index in [4.69, 9.17) is 28.4 Å². The van der Waals surface area contributed by atoms with Crippen LogP contribution in [0.3, 0.4) is 0 Å². The van der Waals surface area contributed by atoms with Crippen LogP contribution in [-0.2, 0) is 38.0 Å². The maximum atomic E-state index is 12.9. The number of hydrogen-bond acceptors (Lipinski definition) is 15. The molecule has 0 aromatic carbocycles. The molecule has 0 spiro atoms. The minimum atomic E-state index is -1.78. The van der Waals surface area contributed by atoms with Crippen molar-refractivity contribution in [1.82, 2.24) is 0 Å². The van der Waals surface area contributed by atoms with Crippen LogP contribution in [0.15, 0.2) is 48.6 Å². The smallest absolute Gasteiger partial charge is 0.310 e. The lowest BCUT2D eigenvalue weighted by atomic mass is 9.98. The number of aliphatic hydroxyl groups excluding tert-OH is 7. The molecule has 15 heteroatoms. The number of rotatable bonds is 36. The number of allylic oxidation sites excluding steroid dienone is 6. The van der Waals surface area contributed by atoms with Crippen LogP contribution in [0.2, 0.25) is 0 Å². The Bertz CT molecular complexity index is 1300. The second-order valence-electron chi connectivity index (χ2n) is 17.0. The van der Waals surface area contributed by atoms with Gasteiger partial charge in [-0.05, 0) is 38.5 Å². The molecule has 2 aliphatic heterocycles. The van der Waals surface area contributed by atoms with Gasteiger partial charge in [0.2, 0.25) is 0 Å². The highest BCUT2D eigenvalue weighted by Crippen LogP contribution is 2.26. The van der Waals surface area contributed by atoms with Crippen molar-refractivity contribution in [3.05, 3.63) is 48.6 Å². The highest BCUT2D eigenvalue weighted by atomic mass is 16.7. The number of carbonyl (C=O) groups is 2. The molecule has 2 aliphatic rings. The van der Waals surface area contributed by atoms with Crippen molar-refractivity contribution in [1.29, 1.82) is 0 Å². The molecule has 15 nitrogen and oxygen atoms in total. The van der Waals surface area contributed by atoms with E-state index >= 15 is 0 Å². The Morgan fingerprint density at radius 3 is 1.45 bits per heavy atom. The topological polar surface area (TPSA) is 231 Å². The quantitative estimate of drug-likeness (QED) is 0.0220. The molecule has 0 radical (unpaired) electrons. The summed E-state index contributed by atoms with van der Waals surface area (Å²) < 4.78 is 33.3. The van der Waals surface area contributed by atoms with E-state index in [9.17, 15) is 45.3 Å². The van der Waals surface area contributed by atoms with E-state index in [0.717, 1.165) is 25.7 Å². The third kappa shape index (κ3) is 24.8. The molecule has 0 aromatic heterocycles. The van der Waals surface area contributed by atoms with Gasteiger partial charge in [0.15, 0.2) is 18.7 Å². The zero-order valence-corrected chi connectivity index (χ0v) is 38.8. The number of unbranched alkanes of at least 4 members (excludes halogenated alkanes) is 16. The molecule has 2 saturated heterocycles. The number of ether oxygens (including phenoxy) is 6. The summed E-state index contributed by atoms with van der Waals surface area (Å²) in [6, 6.07) is 0. The molecule has 64 heavy (non-hydrogen) atoms. The summed E-state index contributed by atoms with van der Waals surface area (Å²) >= 11 is 0. The Morgan fingerprint density at radius 2 is 0.938 bits per heavy atom. The van der Waals surface area contributed by atoms with Crippen molar-refractivity contribution < 1.29 is 73.8 Å². The fourth-order valence-corrected chi connectivity index (χ4v) is 7.31. The van der Waals surface area contributed by atoms with Crippen LogP contribution in [0.25, 0.3) is 0 Å². The first-order valence-corrected chi connectivity index (χ1v) is 24.2. The first kappa shape index (κ1) is 57.6. The number of hydrogen-bond donors (Lipinski definition) is 7. The van der Waals surface area contributed by atoms with Crippen molar-refractivity contribution in [2.24, 2.45) is 0 Å². The standard InChI is InChI=1S/C49H84O15/c1-3-5-7-9-11-13-15-17-19-21-23-25-27-29-31-40(51)59-34-37(62-41(52)32-30-28-26-24-22-20-18-16-14-12-10-8-6-4-2)35-60-48-47(58)45(56)43(54)39(64-48)36-61-49-46(57)44(55)42(53)38(33-50)63-49/h21-24,27-30,37-39,42-50,53-58H,3-20,25-26,31-36H2,1-2H3/t37-,38-,39-,42+,43+,44?,45?,46?,47?,48-,49+/m1/s1. The molecule has 0 amide bonds. The fourth-order valence-electron chi connectivity index (χ4n) is 7.31. The van der Waals surface area contributed by atoms with Crippen LogP contribution in [0.1, 0.15) is 155 Å². The molecule has 0 aromatic rings. The summed E-state index contributed by atoms with van der Waals surface area (Å²) in [5, 5.41) is 71.9. The van der Waals surface area contributed by atoms with Gasteiger partial charge in [-0.2, -0.15) is 0 Å². The van der Waals surface area contributed by atoms with Gasteiger partial charge in [-0.25, -0.2) is 0 Å². The number of carbonyl (C=O) groups excluding carboxylic acids is 2.